The molecule has 5 nitrogen and oxygen atoms in total. The van der Waals surface area contributed by atoms with E-state index in [0.717, 1.165) is 75.4 Å². The summed E-state index contributed by atoms with van der Waals surface area (Å²) in [5.74, 6) is 0. The molecular weight excluding hydrogens is 1110 g/mol. The van der Waals surface area contributed by atoms with Crippen LogP contribution in [0.1, 0.15) is 35.1 Å². The molecule has 0 saturated carbocycles. The first kappa shape index (κ1) is 53.1. The molecule has 0 bridgehead atoms. The fourth-order valence-electron chi connectivity index (χ4n) is 15.4. The molecule has 2 aliphatic carbocycles. The Kier molecular flexibility index (Phi) is 12.5. The van der Waals surface area contributed by atoms with Gasteiger partial charge in [-0.25, -0.2) is 0 Å². The lowest BCUT2D eigenvalue weighted by molar-refractivity contribution is 0.748. The molecule has 0 amide bonds. The Morgan fingerprint density at radius 1 is 0.283 bits per heavy atom. The molecule has 18 rings (SSSR count). The lowest BCUT2D eigenvalue weighted by Crippen LogP contribution is -2.33. The van der Waals surface area contributed by atoms with E-state index in [-0.39, 0.29) is 0 Å². The van der Waals surface area contributed by atoms with Crippen molar-refractivity contribution in [2.45, 2.75) is 18.3 Å². The van der Waals surface area contributed by atoms with Gasteiger partial charge in [0.25, 0.3) is 0 Å². The first-order valence-corrected chi connectivity index (χ1v) is 32.0. The first-order chi connectivity index (χ1) is 45.7. The summed E-state index contributed by atoms with van der Waals surface area (Å²) in [4.78, 5) is 9.70. The van der Waals surface area contributed by atoms with Crippen molar-refractivity contribution in [1.82, 2.24) is 4.57 Å². The highest BCUT2D eigenvalue weighted by molar-refractivity contribution is 6.13. The molecule has 0 saturated heterocycles. The van der Waals surface area contributed by atoms with Crippen molar-refractivity contribution in [3.05, 3.63) is 374 Å². The fraction of sp³-hybridized carbons (Fsp3) is 0.0345. The van der Waals surface area contributed by atoms with Crippen LogP contribution in [0.4, 0.5) is 62.6 Å². The van der Waals surface area contributed by atoms with Gasteiger partial charge >= 0.3 is 0 Å². The zero-order valence-electron chi connectivity index (χ0n) is 50.6. The lowest BCUT2D eigenvalue weighted by atomic mass is 9.65. The molecule has 14 aromatic carbocycles. The normalized spacial score (nSPS) is 14.3. The number of aromatic nitrogens is 1. The van der Waals surface area contributed by atoms with E-state index >= 15 is 0 Å². The number of hydrogen-bond acceptors (Lipinski definition) is 4. The molecule has 2 heterocycles. The predicted molar refractivity (Wildman–Crippen MR) is 386 cm³/mol. The first-order valence-electron chi connectivity index (χ1n) is 32.0. The number of fused-ring (bicyclic) bond motifs is 14. The van der Waals surface area contributed by atoms with E-state index in [2.05, 4.69) is 370 Å². The molecule has 1 aliphatic heterocycles. The van der Waals surface area contributed by atoms with Gasteiger partial charge in [0.05, 0.1) is 33.5 Å². The summed E-state index contributed by atoms with van der Waals surface area (Å²) in [7, 11) is 0. The quantitative estimate of drug-likeness (QED) is 0.121. The highest BCUT2D eigenvalue weighted by atomic mass is 15.2. The van der Waals surface area contributed by atoms with Crippen LogP contribution >= 0.6 is 0 Å². The third kappa shape index (κ3) is 8.32. The van der Waals surface area contributed by atoms with Crippen LogP contribution in [0.2, 0.25) is 0 Å². The maximum atomic E-state index is 2.55. The van der Waals surface area contributed by atoms with Crippen molar-refractivity contribution in [1.29, 1.82) is 0 Å². The minimum atomic E-state index is -0.789. The minimum Gasteiger partial charge on any atom is -0.311 e. The second kappa shape index (κ2) is 21.7. The third-order valence-electron chi connectivity index (χ3n) is 19.3. The predicted octanol–water partition coefficient (Wildman–Crippen LogP) is 23.5. The van der Waals surface area contributed by atoms with E-state index in [1.54, 1.807) is 0 Å². The van der Waals surface area contributed by atoms with Crippen LogP contribution < -0.4 is 19.6 Å². The molecule has 5 heteroatoms. The van der Waals surface area contributed by atoms with E-state index in [1.165, 1.54) is 88.1 Å². The van der Waals surface area contributed by atoms with Gasteiger partial charge in [0.2, 0.25) is 0 Å². The average molecular weight is 1180 g/mol. The topological polar surface area (TPSA) is 17.9 Å². The van der Waals surface area contributed by atoms with E-state index in [1.807, 2.05) is 0 Å². The fourth-order valence-corrected chi connectivity index (χ4v) is 15.4. The van der Waals surface area contributed by atoms with Gasteiger partial charge in [-0.05, 0) is 197 Å². The van der Waals surface area contributed by atoms with Crippen molar-refractivity contribution in [2.24, 2.45) is 0 Å². The van der Waals surface area contributed by atoms with Crippen molar-refractivity contribution >= 4 is 106 Å². The van der Waals surface area contributed by atoms with Gasteiger partial charge in [-0.1, -0.05) is 206 Å². The van der Waals surface area contributed by atoms with Gasteiger partial charge in [0.1, 0.15) is 0 Å². The van der Waals surface area contributed by atoms with E-state index in [4.69, 9.17) is 0 Å². The second-order valence-corrected chi connectivity index (χ2v) is 24.3. The summed E-state index contributed by atoms with van der Waals surface area (Å²) >= 11 is 0. The molecule has 434 valence electrons. The van der Waals surface area contributed by atoms with Crippen molar-refractivity contribution in [3.8, 4) is 16.8 Å². The molecule has 1 aromatic heterocycles. The summed E-state index contributed by atoms with van der Waals surface area (Å²) in [5.41, 5.74) is 23.4. The van der Waals surface area contributed by atoms with Gasteiger partial charge < -0.3 is 24.2 Å². The van der Waals surface area contributed by atoms with E-state index < -0.39 is 5.41 Å². The summed E-state index contributed by atoms with van der Waals surface area (Å²) in [5, 5.41) is 7.21. The molecule has 0 radical (unpaired) electrons. The molecule has 0 fully saturated rings. The summed E-state index contributed by atoms with van der Waals surface area (Å²) < 4.78 is 2.55. The van der Waals surface area contributed by atoms with Crippen LogP contribution in [0.5, 0.6) is 0 Å². The average Bonchev–Trinajstić information content (AvgIpc) is 1.47. The zero-order chi connectivity index (χ0) is 60.7. The van der Waals surface area contributed by atoms with Gasteiger partial charge in [-0.15, -0.1) is 0 Å². The summed E-state index contributed by atoms with van der Waals surface area (Å²) in [6.07, 6.45) is 8.97. The number of para-hydroxylation sites is 6. The molecule has 3 aliphatic rings. The highest BCUT2D eigenvalue weighted by Gasteiger charge is 2.51. The third-order valence-corrected chi connectivity index (χ3v) is 19.3. The summed E-state index contributed by atoms with van der Waals surface area (Å²) in [6, 6.07) is 121. The number of nitrogens with zero attached hydrogens (tertiary/aromatic N) is 5. The molecule has 0 N–H and O–H groups in total. The number of anilines is 11. The number of hydrogen-bond donors (Lipinski definition) is 0. The number of rotatable bonds is 12. The van der Waals surface area contributed by atoms with Crippen LogP contribution in [0.15, 0.2) is 352 Å². The molecular formula is C87H61N5. The van der Waals surface area contributed by atoms with Crippen molar-refractivity contribution in [3.63, 3.8) is 0 Å². The van der Waals surface area contributed by atoms with Gasteiger partial charge in [-0.3, -0.25) is 0 Å². The largest absolute Gasteiger partial charge is 0.311 e. The Labute approximate surface area is 535 Å². The highest BCUT2D eigenvalue weighted by Crippen LogP contribution is 2.63. The molecule has 15 aromatic rings. The van der Waals surface area contributed by atoms with E-state index in [0.29, 0.717) is 0 Å². The van der Waals surface area contributed by atoms with Gasteiger partial charge in [0.15, 0.2) is 0 Å². The van der Waals surface area contributed by atoms with Crippen molar-refractivity contribution < 1.29 is 0 Å². The van der Waals surface area contributed by atoms with Crippen molar-refractivity contribution in [2.75, 3.05) is 19.6 Å². The zero-order valence-corrected chi connectivity index (χ0v) is 50.6. The SMILES string of the molecule is C1=CC(N(c2ccccc2)c2ccc(N(c3ccc4c(c3)C3(c5cc(N(c6ccc(N(c7ccccc7)c7ccccc7)cc6)c6cccc7ccccc67)ccc5-4)c4ccccc4-n4c5ccccc5c5cccc3c54)c3cccc4ccccc34)cc2)=CCC1. The Hall–Kier alpha value is -11.9. The van der Waals surface area contributed by atoms with Gasteiger partial charge in [0, 0.05) is 78.4 Å². The smallest absolute Gasteiger partial charge is 0.0756 e. The molecule has 92 heavy (non-hydrogen) atoms. The monoisotopic (exact) mass is 1180 g/mol. The lowest BCUT2D eigenvalue weighted by Gasteiger charge is -2.40. The van der Waals surface area contributed by atoms with E-state index in [9.17, 15) is 0 Å². The van der Waals surface area contributed by atoms with Gasteiger partial charge in [-0.2, -0.15) is 0 Å². The molecule has 1 atom stereocenters. The van der Waals surface area contributed by atoms with Crippen LogP contribution in [0, 0.1) is 0 Å². The Balaban J connectivity index is 0.874. The standard InChI is InChI=1S/C87H61N5/c1-5-28-62(29-6-1)88(63-30-7-2-8-31-63)66-46-50-68(51-47-66)90(82-44-21-26-60-24-13-15-36-72(60)82)70-54-56-74-75-57-55-71(59-81(75)87(80(74)58-70)78-40-18-20-43-85(78)92-84-42-19-17-38-76(84)77-39-23-41-79(87)86(77)92)91(83-45-22-27-61-25-14-16-37-73(61)83)69-52-48-67(49-53-69)89(64-32-9-3-10-33-64)65-34-11-4-12-35-65/h1-3,5-11,13-59H,4,12H2. The maximum absolute atomic E-state index is 2.55. The maximum Gasteiger partial charge on any atom is 0.0756 e. The molecule has 1 spiro atoms. The number of allylic oxidation sites excluding steroid dienone is 3. The Morgan fingerprint density at radius 2 is 0.696 bits per heavy atom. The Morgan fingerprint density at radius 3 is 1.25 bits per heavy atom. The van der Waals surface area contributed by atoms with Crippen LogP contribution in [0.25, 0.3) is 60.2 Å². The Bertz CT molecular complexity index is 5370. The van der Waals surface area contributed by atoms with Crippen LogP contribution in [-0.2, 0) is 5.41 Å². The second-order valence-electron chi connectivity index (χ2n) is 24.3. The summed E-state index contributed by atoms with van der Waals surface area (Å²) in [6.45, 7) is 0. The minimum absolute atomic E-state index is 0.789. The number of benzene rings is 14. The van der Waals surface area contributed by atoms with Crippen LogP contribution in [-0.4, -0.2) is 4.57 Å². The molecule has 1 unspecified atom stereocenters. The van der Waals surface area contributed by atoms with Crippen LogP contribution in [0.3, 0.4) is 0 Å².